The molecule has 1 aromatic carbocycles. The summed E-state index contributed by atoms with van der Waals surface area (Å²) >= 11 is 0. The number of hydrogen-bond acceptors (Lipinski definition) is 2. The average Bonchev–Trinajstić information content (AvgIpc) is 2.26. The van der Waals surface area contributed by atoms with Gasteiger partial charge in [0.1, 0.15) is 0 Å². The molecule has 0 N–H and O–H groups in total. The highest BCUT2D eigenvalue weighted by Crippen LogP contribution is 2.30. The van der Waals surface area contributed by atoms with Gasteiger partial charge in [0.15, 0.2) is 5.78 Å². The summed E-state index contributed by atoms with van der Waals surface area (Å²) in [5.41, 5.74) is -1.52. The molecule has 1 atom stereocenters. The van der Waals surface area contributed by atoms with E-state index in [2.05, 4.69) is 0 Å². The lowest BCUT2D eigenvalue weighted by molar-refractivity contribution is -0.137. The van der Waals surface area contributed by atoms with Crippen LogP contribution in [0, 0.1) is 5.41 Å². The van der Waals surface area contributed by atoms with Gasteiger partial charge in [0.25, 0.3) is 0 Å². The molecule has 0 aliphatic carbocycles. The molecule has 0 aliphatic rings. The number of halogens is 3. The lowest BCUT2D eigenvalue weighted by atomic mass is 9.92. The van der Waals surface area contributed by atoms with Crippen LogP contribution in [0.3, 0.4) is 0 Å². The van der Waals surface area contributed by atoms with Gasteiger partial charge in [-0.25, -0.2) is 0 Å². The zero-order chi connectivity index (χ0) is 14.8. The van der Waals surface area contributed by atoms with E-state index in [0.717, 1.165) is 12.1 Å². The molecule has 2 nitrogen and oxygen atoms in total. The van der Waals surface area contributed by atoms with Crippen LogP contribution >= 0.6 is 0 Å². The summed E-state index contributed by atoms with van der Waals surface area (Å²) in [6.07, 6.45) is -4.48. The molecule has 0 aromatic heterocycles. The molecular formula is C13H15F3O2S. The summed E-state index contributed by atoms with van der Waals surface area (Å²) in [5, 5.41) is 0. The number of ketones is 1. The van der Waals surface area contributed by atoms with Crippen molar-refractivity contribution in [2.45, 2.75) is 31.8 Å². The third-order valence-corrected chi connectivity index (χ3v) is 3.83. The van der Waals surface area contributed by atoms with Crippen molar-refractivity contribution in [3.63, 3.8) is 0 Å². The smallest absolute Gasteiger partial charge is 0.298 e. The van der Waals surface area contributed by atoms with Gasteiger partial charge in [-0.15, -0.1) is 0 Å². The molecule has 0 saturated carbocycles. The Morgan fingerprint density at radius 2 is 1.79 bits per heavy atom. The van der Waals surface area contributed by atoms with Gasteiger partial charge in [0.2, 0.25) is 0 Å². The molecule has 0 radical (unpaired) electrons. The van der Waals surface area contributed by atoms with Crippen LogP contribution in [-0.4, -0.2) is 15.7 Å². The van der Waals surface area contributed by atoms with Gasteiger partial charge in [-0.2, -0.15) is 13.2 Å². The number of rotatable bonds is 3. The van der Waals surface area contributed by atoms with E-state index in [0.29, 0.717) is 0 Å². The van der Waals surface area contributed by atoms with Gasteiger partial charge in [-0.1, -0.05) is 26.8 Å². The molecule has 0 spiro atoms. The van der Waals surface area contributed by atoms with Crippen LogP contribution in [0.25, 0.3) is 0 Å². The Hall–Kier alpha value is -1.17. The van der Waals surface area contributed by atoms with Gasteiger partial charge >= 0.3 is 6.18 Å². The van der Waals surface area contributed by atoms with E-state index in [-0.39, 0.29) is 16.4 Å². The Morgan fingerprint density at radius 3 is 2.26 bits per heavy atom. The van der Waals surface area contributed by atoms with Crippen molar-refractivity contribution in [2.75, 3.05) is 5.75 Å². The fraction of sp³-hybridized carbons (Fsp3) is 0.462. The lowest BCUT2D eigenvalue weighted by Crippen LogP contribution is -2.25. The quantitative estimate of drug-likeness (QED) is 0.855. The van der Waals surface area contributed by atoms with Gasteiger partial charge < -0.3 is 0 Å². The second kappa shape index (κ2) is 5.45. The summed E-state index contributed by atoms with van der Waals surface area (Å²) in [6.45, 7) is 5.04. The van der Waals surface area contributed by atoms with Gasteiger partial charge in [0.05, 0.1) is 22.1 Å². The van der Waals surface area contributed by atoms with Gasteiger partial charge in [-0.3, -0.25) is 9.00 Å². The van der Waals surface area contributed by atoms with Crippen molar-refractivity contribution in [3.8, 4) is 0 Å². The predicted octanol–water partition coefficient (Wildman–Crippen LogP) is 3.43. The van der Waals surface area contributed by atoms with Crippen LogP contribution in [-0.2, 0) is 21.8 Å². The van der Waals surface area contributed by atoms with E-state index in [4.69, 9.17) is 0 Å². The minimum Gasteiger partial charge on any atom is -0.298 e. The molecule has 0 fully saturated rings. The number of carbonyl (C=O) groups excluding carboxylic acids is 1. The topological polar surface area (TPSA) is 34.1 Å². The van der Waals surface area contributed by atoms with Crippen LogP contribution in [0.5, 0.6) is 0 Å². The zero-order valence-electron chi connectivity index (χ0n) is 10.9. The molecule has 0 amide bonds. The van der Waals surface area contributed by atoms with E-state index in [9.17, 15) is 22.2 Å². The van der Waals surface area contributed by atoms with Gasteiger partial charge in [0, 0.05) is 10.3 Å². The highest BCUT2D eigenvalue weighted by atomic mass is 32.2. The normalized spacial score (nSPS) is 14.2. The van der Waals surface area contributed by atoms with Crippen molar-refractivity contribution < 1.29 is 22.2 Å². The number of Topliss-reactive ketones (excluding diaryl/α,β-unsaturated/α-hetero) is 1. The standard InChI is InChI=1S/C13H15F3O2S/c1-12(2,3)11(17)8-19(18)10-6-4-5-9(7-10)13(14,15)16/h4-7H,8H2,1-3H3. The Labute approximate surface area is 112 Å². The Kier molecular flexibility index (Phi) is 4.55. The summed E-state index contributed by atoms with van der Waals surface area (Å²) in [4.78, 5) is 11.7. The molecule has 1 rings (SSSR count). The molecule has 0 heterocycles. The zero-order valence-corrected chi connectivity index (χ0v) is 11.7. The summed E-state index contributed by atoms with van der Waals surface area (Å²) in [5.74, 6) is -0.520. The maximum absolute atomic E-state index is 12.5. The van der Waals surface area contributed by atoms with Crippen molar-refractivity contribution >= 4 is 16.6 Å². The third kappa shape index (κ3) is 4.45. The average molecular weight is 292 g/mol. The van der Waals surface area contributed by atoms with Crippen molar-refractivity contribution in [1.29, 1.82) is 0 Å². The van der Waals surface area contributed by atoms with Crippen LogP contribution in [0.15, 0.2) is 29.2 Å². The minimum absolute atomic E-state index is 0.0208. The SMILES string of the molecule is CC(C)(C)C(=O)CS(=O)c1cccc(C(F)(F)F)c1. The van der Waals surface area contributed by atoms with Crippen LogP contribution < -0.4 is 0 Å². The van der Waals surface area contributed by atoms with Crippen LogP contribution in [0.1, 0.15) is 26.3 Å². The number of carbonyl (C=O) groups is 1. The van der Waals surface area contributed by atoms with Crippen molar-refractivity contribution in [2.24, 2.45) is 5.41 Å². The van der Waals surface area contributed by atoms with Crippen molar-refractivity contribution in [3.05, 3.63) is 29.8 Å². The van der Waals surface area contributed by atoms with Gasteiger partial charge in [-0.05, 0) is 18.2 Å². The molecule has 1 unspecified atom stereocenters. The third-order valence-electron chi connectivity index (χ3n) is 2.52. The molecular weight excluding hydrogens is 277 g/mol. The van der Waals surface area contributed by atoms with E-state index in [1.54, 1.807) is 20.8 Å². The Morgan fingerprint density at radius 1 is 1.21 bits per heavy atom. The van der Waals surface area contributed by atoms with E-state index in [1.165, 1.54) is 12.1 Å². The van der Waals surface area contributed by atoms with Crippen LogP contribution in [0.2, 0.25) is 0 Å². The predicted molar refractivity (Wildman–Crippen MR) is 67.2 cm³/mol. The maximum Gasteiger partial charge on any atom is 0.416 e. The highest BCUT2D eigenvalue weighted by molar-refractivity contribution is 7.85. The Balaban J connectivity index is 2.93. The van der Waals surface area contributed by atoms with Crippen molar-refractivity contribution in [1.82, 2.24) is 0 Å². The first-order chi connectivity index (χ1) is 8.51. The monoisotopic (exact) mass is 292 g/mol. The molecule has 0 aliphatic heterocycles. The minimum atomic E-state index is -4.48. The van der Waals surface area contributed by atoms with Crippen LogP contribution in [0.4, 0.5) is 13.2 Å². The fourth-order valence-corrected chi connectivity index (χ4v) is 2.56. The second-order valence-electron chi connectivity index (χ2n) is 5.19. The maximum atomic E-state index is 12.5. The lowest BCUT2D eigenvalue weighted by Gasteiger charge is -2.16. The number of alkyl halides is 3. The number of benzene rings is 1. The fourth-order valence-electron chi connectivity index (χ4n) is 1.23. The molecule has 1 aromatic rings. The molecule has 19 heavy (non-hydrogen) atoms. The molecule has 0 bridgehead atoms. The highest BCUT2D eigenvalue weighted by Gasteiger charge is 2.31. The molecule has 6 heteroatoms. The summed E-state index contributed by atoms with van der Waals surface area (Å²) < 4.78 is 49.5. The summed E-state index contributed by atoms with van der Waals surface area (Å²) in [7, 11) is -1.75. The molecule has 106 valence electrons. The second-order valence-corrected chi connectivity index (χ2v) is 6.64. The first-order valence-corrected chi connectivity index (χ1v) is 6.92. The Bertz CT molecular complexity index is 501. The van der Waals surface area contributed by atoms with E-state index < -0.39 is 28.0 Å². The number of hydrogen-bond donors (Lipinski definition) is 0. The summed E-state index contributed by atoms with van der Waals surface area (Å²) in [6, 6.07) is 4.26. The first-order valence-electron chi connectivity index (χ1n) is 5.61. The largest absolute Gasteiger partial charge is 0.416 e. The molecule has 0 saturated heterocycles. The van der Waals surface area contributed by atoms with E-state index >= 15 is 0 Å². The van der Waals surface area contributed by atoms with E-state index in [1.807, 2.05) is 0 Å². The first kappa shape index (κ1) is 15.9.